The molecule has 0 unspecified atom stereocenters. The topological polar surface area (TPSA) is 59.8 Å². The van der Waals surface area contributed by atoms with Gasteiger partial charge in [0.25, 0.3) is 0 Å². The van der Waals surface area contributed by atoms with Crippen molar-refractivity contribution in [2.45, 2.75) is 6.54 Å². The van der Waals surface area contributed by atoms with Gasteiger partial charge in [0.15, 0.2) is 0 Å². The summed E-state index contributed by atoms with van der Waals surface area (Å²) >= 11 is 11.7. The van der Waals surface area contributed by atoms with Gasteiger partial charge in [-0.05, 0) is 18.2 Å². The second kappa shape index (κ2) is 5.16. The first-order valence-electron chi connectivity index (χ1n) is 4.72. The molecule has 0 aliphatic carbocycles. The standard InChI is InChI=1S/C10H8Cl2N4O/c11-7-1-2-9(8(12)3-7)15-10(17)4-16-6-13-5-14-16/h1-3,5-6H,4H2,(H,15,17). The van der Waals surface area contributed by atoms with Crippen LogP contribution in [0.25, 0.3) is 0 Å². The number of rotatable bonds is 3. The van der Waals surface area contributed by atoms with E-state index in [0.717, 1.165) is 0 Å². The first kappa shape index (κ1) is 11.9. The highest BCUT2D eigenvalue weighted by Gasteiger charge is 2.07. The Bertz CT molecular complexity index is 527. The fraction of sp³-hybridized carbons (Fsp3) is 0.100. The van der Waals surface area contributed by atoms with Crippen molar-refractivity contribution < 1.29 is 4.79 Å². The predicted molar refractivity (Wildman–Crippen MR) is 65.1 cm³/mol. The van der Waals surface area contributed by atoms with Gasteiger partial charge >= 0.3 is 0 Å². The summed E-state index contributed by atoms with van der Waals surface area (Å²) in [6, 6.07) is 4.86. The number of carbonyl (C=O) groups excluding carboxylic acids is 1. The maximum atomic E-state index is 11.6. The number of anilines is 1. The van der Waals surface area contributed by atoms with E-state index in [4.69, 9.17) is 23.2 Å². The minimum Gasteiger partial charge on any atom is -0.323 e. The fourth-order valence-corrected chi connectivity index (χ4v) is 1.70. The largest absolute Gasteiger partial charge is 0.323 e. The van der Waals surface area contributed by atoms with E-state index >= 15 is 0 Å². The summed E-state index contributed by atoms with van der Waals surface area (Å²) in [6.45, 7) is 0.0823. The van der Waals surface area contributed by atoms with Crippen LogP contribution in [-0.2, 0) is 11.3 Å². The van der Waals surface area contributed by atoms with Gasteiger partial charge in [0.05, 0.1) is 10.7 Å². The lowest BCUT2D eigenvalue weighted by Crippen LogP contribution is -2.19. The van der Waals surface area contributed by atoms with E-state index in [-0.39, 0.29) is 12.5 Å². The molecule has 0 radical (unpaired) electrons. The Morgan fingerprint density at radius 2 is 2.24 bits per heavy atom. The van der Waals surface area contributed by atoms with Crippen molar-refractivity contribution in [1.29, 1.82) is 0 Å². The lowest BCUT2D eigenvalue weighted by Gasteiger charge is -2.07. The Kier molecular flexibility index (Phi) is 3.61. The van der Waals surface area contributed by atoms with Crippen LogP contribution in [0.15, 0.2) is 30.9 Å². The summed E-state index contributed by atoms with van der Waals surface area (Å²) in [6.07, 6.45) is 2.82. The second-order valence-electron chi connectivity index (χ2n) is 3.27. The number of hydrogen-bond acceptors (Lipinski definition) is 3. The molecule has 0 saturated heterocycles. The average Bonchev–Trinajstić information content (AvgIpc) is 2.75. The van der Waals surface area contributed by atoms with Crippen LogP contribution in [0.2, 0.25) is 10.0 Å². The molecule has 0 fully saturated rings. The van der Waals surface area contributed by atoms with Crippen LogP contribution < -0.4 is 5.32 Å². The molecule has 0 aliphatic heterocycles. The highest BCUT2D eigenvalue weighted by Crippen LogP contribution is 2.25. The summed E-state index contributed by atoms with van der Waals surface area (Å²) in [5, 5.41) is 7.39. The zero-order valence-corrected chi connectivity index (χ0v) is 10.1. The summed E-state index contributed by atoms with van der Waals surface area (Å²) in [7, 11) is 0. The quantitative estimate of drug-likeness (QED) is 0.931. The molecule has 88 valence electrons. The van der Waals surface area contributed by atoms with Crippen LogP contribution in [0.3, 0.4) is 0 Å². The monoisotopic (exact) mass is 270 g/mol. The van der Waals surface area contributed by atoms with Gasteiger partial charge in [0.2, 0.25) is 5.91 Å². The third-order valence-corrected chi connectivity index (χ3v) is 2.53. The number of nitrogens with zero attached hydrogens (tertiary/aromatic N) is 3. The van der Waals surface area contributed by atoms with Crippen LogP contribution in [0.4, 0.5) is 5.69 Å². The van der Waals surface area contributed by atoms with Crippen molar-refractivity contribution in [3.8, 4) is 0 Å². The molecular formula is C10H8Cl2N4O. The first-order valence-corrected chi connectivity index (χ1v) is 5.48. The van der Waals surface area contributed by atoms with Gasteiger partial charge in [-0.1, -0.05) is 23.2 Å². The number of halogens is 2. The molecule has 5 nitrogen and oxygen atoms in total. The van der Waals surface area contributed by atoms with E-state index in [2.05, 4.69) is 15.4 Å². The number of nitrogens with one attached hydrogen (secondary N) is 1. The van der Waals surface area contributed by atoms with Gasteiger partial charge < -0.3 is 5.32 Å². The van der Waals surface area contributed by atoms with E-state index in [9.17, 15) is 4.79 Å². The summed E-state index contributed by atoms with van der Waals surface area (Å²) in [5.74, 6) is -0.236. The van der Waals surface area contributed by atoms with Crippen molar-refractivity contribution in [3.63, 3.8) is 0 Å². The van der Waals surface area contributed by atoms with Crippen LogP contribution in [0.5, 0.6) is 0 Å². The van der Waals surface area contributed by atoms with E-state index in [0.29, 0.717) is 15.7 Å². The van der Waals surface area contributed by atoms with Gasteiger partial charge in [-0.15, -0.1) is 0 Å². The smallest absolute Gasteiger partial charge is 0.246 e. The Balaban J connectivity index is 2.03. The number of benzene rings is 1. The molecule has 1 aromatic heterocycles. The zero-order valence-electron chi connectivity index (χ0n) is 8.60. The summed E-state index contributed by atoms with van der Waals surface area (Å²) in [5.41, 5.74) is 0.515. The third-order valence-electron chi connectivity index (χ3n) is 1.98. The van der Waals surface area contributed by atoms with Crippen molar-refractivity contribution in [1.82, 2.24) is 14.8 Å². The summed E-state index contributed by atoms with van der Waals surface area (Å²) < 4.78 is 1.42. The van der Waals surface area contributed by atoms with E-state index < -0.39 is 0 Å². The number of carbonyl (C=O) groups is 1. The lowest BCUT2D eigenvalue weighted by molar-refractivity contribution is -0.116. The molecule has 1 aromatic carbocycles. The van der Waals surface area contributed by atoms with Crippen LogP contribution in [-0.4, -0.2) is 20.7 Å². The molecule has 0 aliphatic rings. The second-order valence-corrected chi connectivity index (χ2v) is 4.11. The molecule has 2 rings (SSSR count). The molecule has 0 spiro atoms. The molecule has 1 amide bonds. The maximum absolute atomic E-state index is 11.6. The van der Waals surface area contributed by atoms with Crippen LogP contribution in [0.1, 0.15) is 0 Å². The van der Waals surface area contributed by atoms with Crippen LogP contribution in [0, 0.1) is 0 Å². The molecule has 1 heterocycles. The van der Waals surface area contributed by atoms with Gasteiger partial charge in [0, 0.05) is 5.02 Å². The number of amides is 1. The van der Waals surface area contributed by atoms with Crippen LogP contribution >= 0.6 is 23.2 Å². The van der Waals surface area contributed by atoms with E-state index in [1.54, 1.807) is 18.2 Å². The van der Waals surface area contributed by atoms with E-state index in [1.165, 1.54) is 17.3 Å². The normalized spacial score (nSPS) is 10.2. The zero-order chi connectivity index (χ0) is 12.3. The van der Waals surface area contributed by atoms with Crippen molar-refractivity contribution in [2.75, 3.05) is 5.32 Å². The fourth-order valence-electron chi connectivity index (χ4n) is 1.24. The van der Waals surface area contributed by atoms with Crippen molar-refractivity contribution in [2.24, 2.45) is 0 Å². The Morgan fingerprint density at radius 1 is 1.41 bits per heavy atom. The molecule has 0 bridgehead atoms. The molecule has 7 heteroatoms. The van der Waals surface area contributed by atoms with Gasteiger partial charge in [-0.25, -0.2) is 9.67 Å². The predicted octanol–water partition coefficient (Wildman–Crippen LogP) is 2.22. The van der Waals surface area contributed by atoms with Gasteiger partial charge in [-0.3, -0.25) is 4.79 Å². The molecular weight excluding hydrogens is 263 g/mol. The average molecular weight is 271 g/mol. The first-order chi connectivity index (χ1) is 8.15. The van der Waals surface area contributed by atoms with Crippen molar-refractivity contribution in [3.05, 3.63) is 40.9 Å². The Hall–Kier alpha value is -1.59. The summed E-state index contributed by atoms with van der Waals surface area (Å²) in [4.78, 5) is 15.4. The molecule has 1 N–H and O–H groups in total. The third kappa shape index (κ3) is 3.18. The molecule has 17 heavy (non-hydrogen) atoms. The lowest BCUT2D eigenvalue weighted by atomic mass is 10.3. The minimum absolute atomic E-state index is 0.0823. The Labute approximate surface area is 107 Å². The molecule has 0 atom stereocenters. The highest BCUT2D eigenvalue weighted by molar-refractivity contribution is 6.36. The van der Waals surface area contributed by atoms with Gasteiger partial charge in [-0.2, -0.15) is 5.10 Å². The molecule has 0 saturated carbocycles. The Morgan fingerprint density at radius 3 is 2.88 bits per heavy atom. The molecule has 2 aromatic rings. The maximum Gasteiger partial charge on any atom is 0.246 e. The van der Waals surface area contributed by atoms with E-state index in [1.807, 2.05) is 0 Å². The highest BCUT2D eigenvalue weighted by atomic mass is 35.5. The van der Waals surface area contributed by atoms with Gasteiger partial charge in [0.1, 0.15) is 19.2 Å². The SMILES string of the molecule is O=C(Cn1cncn1)Nc1ccc(Cl)cc1Cl. The number of aromatic nitrogens is 3. The minimum atomic E-state index is -0.236. The van der Waals surface area contributed by atoms with Crippen molar-refractivity contribution >= 4 is 34.8 Å². The number of hydrogen-bond donors (Lipinski definition) is 1.